The number of nitrogens with one attached hydrogen (secondary N) is 1. The number of benzene rings is 1. The van der Waals surface area contributed by atoms with Gasteiger partial charge >= 0.3 is 5.97 Å². The number of anilines is 1. The summed E-state index contributed by atoms with van der Waals surface area (Å²) in [6.07, 6.45) is 5.69. The van der Waals surface area contributed by atoms with E-state index in [-0.39, 0.29) is 27.2 Å². The summed E-state index contributed by atoms with van der Waals surface area (Å²) in [7, 11) is 0. The average Bonchev–Trinajstić information content (AvgIpc) is 2.42. The van der Waals surface area contributed by atoms with Crippen molar-refractivity contribution in [2.24, 2.45) is 0 Å². The summed E-state index contributed by atoms with van der Waals surface area (Å²) >= 11 is 11.9. The van der Waals surface area contributed by atoms with Crippen molar-refractivity contribution in [3.8, 4) is 0 Å². The second-order valence-corrected chi connectivity index (χ2v) is 5.65. The van der Waals surface area contributed by atoms with Gasteiger partial charge in [0.15, 0.2) is 0 Å². The lowest BCUT2D eigenvalue weighted by atomic mass is 10.1. The number of hydrogen-bond donors (Lipinski definition) is 2. The van der Waals surface area contributed by atoms with Crippen molar-refractivity contribution < 1.29 is 14.7 Å². The van der Waals surface area contributed by atoms with E-state index in [2.05, 4.69) is 12.2 Å². The summed E-state index contributed by atoms with van der Waals surface area (Å²) in [5.41, 5.74) is 0.254. The van der Waals surface area contributed by atoms with Gasteiger partial charge in [-0.05, 0) is 18.6 Å². The Morgan fingerprint density at radius 1 is 1.10 bits per heavy atom. The Morgan fingerprint density at radius 3 is 2.19 bits per heavy atom. The molecule has 0 spiro atoms. The molecule has 0 saturated heterocycles. The first-order valence-corrected chi connectivity index (χ1v) is 7.73. The van der Waals surface area contributed by atoms with Crippen molar-refractivity contribution in [3.05, 3.63) is 27.7 Å². The van der Waals surface area contributed by atoms with Crippen molar-refractivity contribution in [1.29, 1.82) is 0 Å². The molecule has 1 aromatic carbocycles. The molecule has 116 valence electrons. The summed E-state index contributed by atoms with van der Waals surface area (Å²) in [5.74, 6) is -1.29. The number of amides is 1. The second kappa shape index (κ2) is 8.90. The van der Waals surface area contributed by atoms with Gasteiger partial charge in [0.05, 0.1) is 21.3 Å². The summed E-state index contributed by atoms with van der Waals surface area (Å²) in [6, 6.07) is 2.54. The fourth-order valence-electron chi connectivity index (χ4n) is 1.91. The average molecular weight is 332 g/mol. The molecule has 0 atom stereocenters. The maximum atomic E-state index is 11.8. The molecule has 1 amide bonds. The normalized spacial score (nSPS) is 10.4. The molecule has 0 aliphatic heterocycles. The summed E-state index contributed by atoms with van der Waals surface area (Å²) in [6.45, 7) is 2.14. The van der Waals surface area contributed by atoms with Gasteiger partial charge in [0, 0.05) is 6.42 Å². The fraction of sp³-hybridized carbons (Fsp3) is 0.467. The molecule has 1 aromatic rings. The van der Waals surface area contributed by atoms with Crippen LogP contribution in [0.25, 0.3) is 0 Å². The van der Waals surface area contributed by atoms with Gasteiger partial charge in [-0.1, -0.05) is 55.8 Å². The number of rotatable bonds is 8. The third-order valence-corrected chi connectivity index (χ3v) is 3.66. The van der Waals surface area contributed by atoms with Gasteiger partial charge in [0.1, 0.15) is 0 Å². The molecule has 0 saturated carbocycles. The Hall–Kier alpha value is -1.26. The maximum absolute atomic E-state index is 11.8. The number of unbranched alkanes of at least 4 members (excludes halogenated alkanes) is 4. The third kappa shape index (κ3) is 5.94. The topological polar surface area (TPSA) is 66.4 Å². The number of aromatic carboxylic acids is 1. The zero-order chi connectivity index (χ0) is 15.8. The molecule has 2 N–H and O–H groups in total. The molecule has 21 heavy (non-hydrogen) atoms. The van der Waals surface area contributed by atoms with Crippen LogP contribution in [-0.2, 0) is 4.79 Å². The van der Waals surface area contributed by atoms with Gasteiger partial charge in [-0.3, -0.25) is 4.79 Å². The monoisotopic (exact) mass is 331 g/mol. The molecule has 0 radical (unpaired) electrons. The van der Waals surface area contributed by atoms with Crippen molar-refractivity contribution in [2.75, 3.05) is 5.32 Å². The maximum Gasteiger partial charge on any atom is 0.335 e. The molecular formula is C15H19Cl2NO3. The number of hydrogen-bond acceptors (Lipinski definition) is 2. The minimum absolute atomic E-state index is 0.0115. The van der Waals surface area contributed by atoms with E-state index in [9.17, 15) is 9.59 Å². The Kier molecular flexibility index (Phi) is 7.54. The molecule has 0 heterocycles. The summed E-state index contributed by atoms with van der Waals surface area (Å²) < 4.78 is 0. The predicted octanol–water partition coefficient (Wildman–Crippen LogP) is 4.99. The second-order valence-electron chi connectivity index (χ2n) is 4.83. The lowest BCUT2D eigenvalue weighted by Crippen LogP contribution is -2.12. The highest BCUT2D eigenvalue weighted by atomic mass is 35.5. The van der Waals surface area contributed by atoms with Gasteiger partial charge in [-0.2, -0.15) is 0 Å². The molecule has 0 aliphatic carbocycles. The van der Waals surface area contributed by atoms with Crippen LogP contribution in [0.3, 0.4) is 0 Å². The lowest BCUT2D eigenvalue weighted by Gasteiger charge is -2.10. The number of carbonyl (C=O) groups is 2. The van der Waals surface area contributed by atoms with Gasteiger partial charge in [-0.15, -0.1) is 0 Å². The first-order chi connectivity index (χ1) is 9.95. The zero-order valence-electron chi connectivity index (χ0n) is 11.9. The van der Waals surface area contributed by atoms with E-state index in [1.54, 1.807) is 0 Å². The smallest absolute Gasteiger partial charge is 0.335 e. The highest BCUT2D eigenvalue weighted by Gasteiger charge is 2.14. The third-order valence-electron chi connectivity index (χ3n) is 3.06. The molecule has 0 aliphatic rings. The van der Waals surface area contributed by atoms with Crippen LogP contribution in [0.2, 0.25) is 10.0 Å². The van der Waals surface area contributed by atoms with E-state index in [0.717, 1.165) is 25.7 Å². The minimum Gasteiger partial charge on any atom is -0.478 e. The molecule has 1 rings (SSSR count). The standard InChI is InChI=1S/C15H19Cl2NO3/c1-2-3-4-5-6-7-13(19)18-14-11(16)8-10(15(20)21)9-12(14)17/h8-9H,2-7H2,1H3,(H,18,19)(H,20,21). The Bertz CT molecular complexity index is 495. The van der Waals surface area contributed by atoms with Crippen LogP contribution in [0, 0.1) is 0 Å². The Morgan fingerprint density at radius 2 is 1.67 bits per heavy atom. The number of halogens is 2. The predicted molar refractivity (Wildman–Crippen MR) is 85.4 cm³/mol. The molecule has 0 aromatic heterocycles. The van der Waals surface area contributed by atoms with Crippen molar-refractivity contribution in [2.45, 2.75) is 45.4 Å². The Balaban J connectivity index is 2.58. The quantitative estimate of drug-likeness (QED) is 0.659. The van der Waals surface area contributed by atoms with E-state index < -0.39 is 5.97 Å². The largest absolute Gasteiger partial charge is 0.478 e. The molecule has 0 unspecified atom stereocenters. The SMILES string of the molecule is CCCCCCCC(=O)Nc1c(Cl)cc(C(=O)O)cc1Cl. The molecule has 0 bridgehead atoms. The number of carboxylic acids is 1. The van der Waals surface area contributed by atoms with Gasteiger partial charge in [-0.25, -0.2) is 4.79 Å². The highest BCUT2D eigenvalue weighted by Crippen LogP contribution is 2.32. The van der Waals surface area contributed by atoms with Crippen molar-refractivity contribution in [3.63, 3.8) is 0 Å². The Labute approximate surface area is 134 Å². The first-order valence-electron chi connectivity index (χ1n) is 6.98. The van der Waals surface area contributed by atoms with Crippen LogP contribution >= 0.6 is 23.2 Å². The fourth-order valence-corrected chi connectivity index (χ4v) is 2.49. The van der Waals surface area contributed by atoms with Crippen molar-refractivity contribution >= 4 is 40.8 Å². The van der Waals surface area contributed by atoms with Gasteiger partial charge in [0.2, 0.25) is 5.91 Å². The molecule has 4 nitrogen and oxygen atoms in total. The van der Waals surface area contributed by atoms with E-state index in [4.69, 9.17) is 28.3 Å². The van der Waals surface area contributed by atoms with Crippen LogP contribution in [0.1, 0.15) is 55.8 Å². The van der Waals surface area contributed by atoms with E-state index in [0.29, 0.717) is 6.42 Å². The van der Waals surface area contributed by atoms with Crippen LogP contribution in [0.4, 0.5) is 5.69 Å². The van der Waals surface area contributed by atoms with E-state index in [1.165, 1.54) is 18.6 Å². The summed E-state index contributed by atoms with van der Waals surface area (Å²) in [4.78, 5) is 22.7. The molecular weight excluding hydrogens is 313 g/mol. The van der Waals surface area contributed by atoms with Crippen LogP contribution in [0.15, 0.2) is 12.1 Å². The minimum atomic E-state index is -1.12. The van der Waals surface area contributed by atoms with E-state index in [1.807, 2.05) is 0 Å². The molecule has 0 fully saturated rings. The lowest BCUT2D eigenvalue weighted by molar-refractivity contribution is -0.116. The number of carbonyl (C=O) groups excluding carboxylic acids is 1. The summed E-state index contributed by atoms with van der Waals surface area (Å²) in [5, 5.41) is 11.8. The molecule has 6 heteroatoms. The van der Waals surface area contributed by atoms with Gasteiger partial charge < -0.3 is 10.4 Å². The zero-order valence-corrected chi connectivity index (χ0v) is 13.4. The first kappa shape index (κ1) is 17.8. The van der Waals surface area contributed by atoms with Gasteiger partial charge in [0.25, 0.3) is 0 Å². The van der Waals surface area contributed by atoms with Crippen LogP contribution in [-0.4, -0.2) is 17.0 Å². The number of carboxylic acid groups (broad SMARTS) is 1. The van der Waals surface area contributed by atoms with Crippen LogP contribution in [0.5, 0.6) is 0 Å². The van der Waals surface area contributed by atoms with Crippen LogP contribution < -0.4 is 5.32 Å². The van der Waals surface area contributed by atoms with Crippen molar-refractivity contribution in [1.82, 2.24) is 0 Å². The van der Waals surface area contributed by atoms with E-state index >= 15 is 0 Å². The highest BCUT2D eigenvalue weighted by molar-refractivity contribution is 6.40.